The highest BCUT2D eigenvalue weighted by Crippen LogP contribution is 2.19. The Bertz CT molecular complexity index is 417. The number of hydrogen-bond acceptors (Lipinski definition) is 4. The van der Waals surface area contributed by atoms with Crippen molar-refractivity contribution in [3.8, 4) is 0 Å². The maximum Gasteiger partial charge on any atom is 0.326 e. The average Bonchev–Trinajstić information content (AvgIpc) is 2.27. The summed E-state index contributed by atoms with van der Waals surface area (Å²) >= 11 is 0. The minimum atomic E-state index is -3.41. The molecule has 0 aromatic rings. The number of carbonyl (C=O) groups excluding carboxylic acids is 1. The molecule has 18 heavy (non-hydrogen) atoms. The fourth-order valence-electron chi connectivity index (χ4n) is 2.06. The zero-order valence-electron chi connectivity index (χ0n) is 10.4. The Morgan fingerprint density at radius 2 is 2.06 bits per heavy atom. The molecule has 1 unspecified atom stereocenters. The normalized spacial score (nSPS) is 24.2. The number of sulfone groups is 1. The number of carboxylic acids is 1. The van der Waals surface area contributed by atoms with Gasteiger partial charge in [-0.1, -0.05) is 19.8 Å². The quantitative estimate of drug-likeness (QED) is 0.754. The van der Waals surface area contributed by atoms with E-state index in [4.69, 9.17) is 5.11 Å². The topological polar surface area (TPSA) is 101 Å². The Hall–Kier alpha value is -1.11. The number of amides is 1. The highest BCUT2D eigenvalue weighted by atomic mass is 32.2. The van der Waals surface area contributed by atoms with Gasteiger partial charge < -0.3 is 10.4 Å². The van der Waals surface area contributed by atoms with Gasteiger partial charge in [0.05, 0.1) is 5.75 Å². The summed E-state index contributed by atoms with van der Waals surface area (Å²) in [7, 11) is -3.41. The molecule has 0 spiro atoms. The van der Waals surface area contributed by atoms with Crippen molar-refractivity contribution in [1.29, 1.82) is 0 Å². The van der Waals surface area contributed by atoms with Crippen LogP contribution < -0.4 is 5.32 Å². The Kier molecular flexibility index (Phi) is 5.13. The fourth-order valence-corrected chi connectivity index (χ4v) is 3.87. The molecule has 1 fully saturated rings. The number of hydrogen-bond donors (Lipinski definition) is 2. The second kappa shape index (κ2) is 6.17. The van der Waals surface area contributed by atoms with Crippen LogP contribution >= 0.6 is 0 Å². The minimum Gasteiger partial charge on any atom is -0.480 e. The monoisotopic (exact) mass is 277 g/mol. The first kappa shape index (κ1) is 14.9. The molecule has 7 heteroatoms. The molecule has 0 saturated carbocycles. The maximum absolute atomic E-state index is 11.8. The van der Waals surface area contributed by atoms with Crippen LogP contribution in [0, 0.1) is 0 Å². The van der Waals surface area contributed by atoms with E-state index in [0.29, 0.717) is 25.7 Å². The van der Waals surface area contributed by atoms with E-state index in [0.717, 1.165) is 0 Å². The lowest BCUT2D eigenvalue weighted by Gasteiger charge is -2.23. The van der Waals surface area contributed by atoms with Gasteiger partial charge in [0, 0.05) is 0 Å². The van der Waals surface area contributed by atoms with Crippen molar-refractivity contribution in [1.82, 2.24) is 5.32 Å². The summed E-state index contributed by atoms with van der Waals surface area (Å²) in [6.07, 6.45) is 2.45. The highest BCUT2D eigenvalue weighted by molar-refractivity contribution is 7.92. The molecule has 6 nitrogen and oxygen atoms in total. The van der Waals surface area contributed by atoms with Crippen LogP contribution in [-0.2, 0) is 19.4 Å². The van der Waals surface area contributed by atoms with Gasteiger partial charge in [0.25, 0.3) is 0 Å². The molecule has 0 bridgehead atoms. The van der Waals surface area contributed by atoms with Gasteiger partial charge in [-0.25, -0.2) is 13.2 Å². The molecule has 0 aromatic carbocycles. The Morgan fingerprint density at radius 3 is 2.56 bits per heavy atom. The van der Waals surface area contributed by atoms with Crippen molar-refractivity contribution in [2.45, 2.75) is 50.3 Å². The zero-order chi connectivity index (χ0) is 13.8. The average molecular weight is 277 g/mol. The van der Waals surface area contributed by atoms with E-state index < -0.39 is 33.0 Å². The standard InChI is InChI=1S/C11H19NO5S/c1-2-5-8(11(14)15)12-10(13)9-6-3-4-7-18(9,16)17/h8-9H,2-7H2,1H3,(H,12,13)(H,14,15)/t8-,9?/m0/s1. The molecular formula is C11H19NO5S. The third kappa shape index (κ3) is 3.69. The van der Waals surface area contributed by atoms with Gasteiger partial charge in [0.1, 0.15) is 11.3 Å². The third-order valence-corrected chi connectivity index (χ3v) is 5.24. The molecule has 1 amide bonds. The number of carboxylic acid groups (broad SMARTS) is 1. The van der Waals surface area contributed by atoms with E-state index in [2.05, 4.69) is 5.32 Å². The predicted molar refractivity (Wildman–Crippen MR) is 65.9 cm³/mol. The highest BCUT2D eigenvalue weighted by Gasteiger charge is 2.36. The van der Waals surface area contributed by atoms with E-state index in [-0.39, 0.29) is 12.2 Å². The molecule has 0 aliphatic carbocycles. The second-order valence-corrected chi connectivity index (χ2v) is 6.84. The van der Waals surface area contributed by atoms with Gasteiger partial charge in [-0.15, -0.1) is 0 Å². The smallest absolute Gasteiger partial charge is 0.326 e. The summed E-state index contributed by atoms with van der Waals surface area (Å²) in [6.45, 7) is 1.81. The lowest BCUT2D eigenvalue weighted by Crippen LogP contribution is -2.49. The lowest BCUT2D eigenvalue weighted by atomic mass is 10.1. The first-order valence-corrected chi connectivity index (χ1v) is 7.84. The summed E-state index contributed by atoms with van der Waals surface area (Å²) in [6, 6.07) is -1.00. The van der Waals surface area contributed by atoms with Crippen LogP contribution in [0.25, 0.3) is 0 Å². The SMILES string of the molecule is CCC[C@H](NC(=O)C1CCCCS1(=O)=O)C(=O)O. The van der Waals surface area contributed by atoms with Crippen molar-refractivity contribution in [3.05, 3.63) is 0 Å². The summed E-state index contributed by atoms with van der Waals surface area (Å²) in [4.78, 5) is 22.8. The summed E-state index contributed by atoms with van der Waals surface area (Å²) < 4.78 is 23.4. The van der Waals surface area contributed by atoms with Crippen molar-refractivity contribution in [3.63, 3.8) is 0 Å². The van der Waals surface area contributed by atoms with Crippen molar-refractivity contribution < 1.29 is 23.1 Å². The van der Waals surface area contributed by atoms with E-state index in [1.807, 2.05) is 0 Å². The Labute approximate surface area is 107 Å². The van der Waals surface area contributed by atoms with Crippen LogP contribution in [0.2, 0.25) is 0 Å². The van der Waals surface area contributed by atoms with E-state index in [1.54, 1.807) is 6.92 Å². The second-order valence-electron chi connectivity index (χ2n) is 4.54. The molecule has 1 saturated heterocycles. The molecule has 0 aromatic heterocycles. The molecule has 2 N–H and O–H groups in total. The molecule has 1 aliphatic rings. The first-order valence-electron chi connectivity index (χ1n) is 6.13. The molecule has 0 radical (unpaired) electrons. The third-order valence-electron chi connectivity index (χ3n) is 3.06. The largest absolute Gasteiger partial charge is 0.480 e. The van der Waals surface area contributed by atoms with Crippen LogP contribution in [0.1, 0.15) is 39.0 Å². The molecule has 2 atom stereocenters. The lowest BCUT2D eigenvalue weighted by molar-refractivity contribution is -0.142. The van der Waals surface area contributed by atoms with E-state index >= 15 is 0 Å². The number of rotatable bonds is 5. The van der Waals surface area contributed by atoms with Gasteiger partial charge >= 0.3 is 5.97 Å². The Balaban J connectivity index is 2.71. The maximum atomic E-state index is 11.8. The Morgan fingerprint density at radius 1 is 1.39 bits per heavy atom. The van der Waals surface area contributed by atoms with Gasteiger partial charge in [-0.3, -0.25) is 4.79 Å². The van der Waals surface area contributed by atoms with Crippen LogP contribution in [-0.4, -0.2) is 42.4 Å². The van der Waals surface area contributed by atoms with E-state index in [9.17, 15) is 18.0 Å². The van der Waals surface area contributed by atoms with Crippen LogP contribution in [0.5, 0.6) is 0 Å². The van der Waals surface area contributed by atoms with Gasteiger partial charge in [0.2, 0.25) is 5.91 Å². The van der Waals surface area contributed by atoms with E-state index in [1.165, 1.54) is 0 Å². The van der Waals surface area contributed by atoms with Gasteiger partial charge in [-0.05, 0) is 19.3 Å². The first-order chi connectivity index (χ1) is 8.38. The fraction of sp³-hybridized carbons (Fsp3) is 0.818. The van der Waals surface area contributed by atoms with Crippen LogP contribution in [0.15, 0.2) is 0 Å². The van der Waals surface area contributed by atoms with Gasteiger partial charge in [0.15, 0.2) is 9.84 Å². The number of aliphatic carboxylic acids is 1. The molecule has 1 rings (SSSR count). The molecular weight excluding hydrogens is 258 g/mol. The number of nitrogens with one attached hydrogen (secondary N) is 1. The van der Waals surface area contributed by atoms with Crippen LogP contribution in [0.4, 0.5) is 0 Å². The molecule has 1 heterocycles. The predicted octanol–water partition coefficient (Wildman–Crippen LogP) is 0.323. The van der Waals surface area contributed by atoms with Crippen molar-refractivity contribution in [2.24, 2.45) is 0 Å². The summed E-state index contributed by atoms with van der Waals surface area (Å²) in [5.74, 6) is -1.79. The van der Waals surface area contributed by atoms with Crippen molar-refractivity contribution in [2.75, 3.05) is 5.75 Å². The summed E-state index contributed by atoms with van der Waals surface area (Å²) in [5.41, 5.74) is 0. The van der Waals surface area contributed by atoms with Crippen molar-refractivity contribution >= 4 is 21.7 Å². The van der Waals surface area contributed by atoms with Gasteiger partial charge in [-0.2, -0.15) is 0 Å². The zero-order valence-corrected chi connectivity index (χ0v) is 11.2. The minimum absolute atomic E-state index is 0.0105. The van der Waals surface area contributed by atoms with Crippen LogP contribution in [0.3, 0.4) is 0 Å². The summed E-state index contributed by atoms with van der Waals surface area (Å²) in [5, 5.41) is 10.2. The molecule has 1 aliphatic heterocycles. The molecule has 104 valence electrons. The number of carbonyl (C=O) groups is 2.